The second kappa shape index (κ2) is 16.6. The minimum atomic E-state index is -1.06. The van der Waals surface area contributed by atoms with Gasteiger partial charge >= 0.3 is 0 Å². The van der Waals surface area contributed by atoms with Gasteiger partial charge in [0.1, 0.15) is 18.1 Å². The topological polar surface area (TPSA) is 247 Å². The van der Waals surface area contributed by atoms with Gasteiger partial charge in [0, 0.05) is 25.4 Å². The van der Waals surface area contributed by atoms with Crippen molar-refractivity contribution in [3.8, 4) is 0 Å². The van der Waals surface area contributed by atoms with Crippen molar-refractivity contribution in [2.75, 3.05) is 12.3 Å². The van der Waals surface area contributed by atoms with Crippen LogP contribution in [-0.4, -0.2) is 64.2 Å². The van der Waals surface area contributed by atoms with Crippen LogP contribution in [0.15, 0.2) is 47.7 Å². The molecule has 3 atom stereocenters. The molecule has 43 heavy (non-hydrogen) atoms. The lowest BCUT2D eigenvalue weighted by Crippen LogP contribution is -2.57. The van der Waals surface area contributed by atoms with Crippen LogP contribution in [0.3, 0.4) is 0 Å². The van der Waals surface area contributed by atoms with Gasteiger partial charge in [0.05, 0.1) is 0 Å². The third kappa shape index (κ3) is 10.9. The van der Waals surface area contributed by atoms with Crippen LogP contribution in [0, 0.1) is 5.92 Å². The van der Waals surface area contributed by atoms with Gasteiger partial charge in [0.15, 0.2) is 17.5 Å². The molecule has 4 amide bonds. The van der Waals surface area contributed by atoms with Crippen molar-refractivity contribution in [1.29, 1.82) is 0 Å². The summed E-state index contributed by atoms with van der Waals surface area (Å²) in [6, 6.07) is 6.06. The van der Waals surface area contributed by atoms with Crippen LogP contribution in [0.5, 0.6) is 0 Å². The number of amides is 4. The van der Waals surface area contributed by atoms with E-state index in [0.717, 1.165) is 37.7 Å². The Morgan fingerprint density at radius 3 is 2.16 bits per heavy atom. The van der Waals surface area contributed by atoms with Crippen LogP contribution in [0.25, 0.3) is 0 Å². The zero-order chi connectivity index (χ0) is 31.2. The van der Waals surface area contributed by atoms with E-state index in [1.807, 2.05) is 30.3 Å². The van der Waals surface area contributed by atoms with Gasteiger partial charge in [0.25, 0.3) is 5.91 Å². The van der Waals surface area contributed by atoms with Gasteiger partial charge in [-0.1, -0.05) is 62.4 Å². The quantitative estimate of drug-likeness (QED) is 0.0823. The molecule has 0 aliphatic heterocycles. The molecule has 1 fully saturated rings. The summed E-state index contributed by atoms with van der Waals surface area (Å²) in [5.41, 5.74) is 23.0. The molecule has 0 radical (unpaired) electrons. The number of aliphatic imine (C=N–C) groups is 1. The maximum Gasteiger partial charge on any atom is 0.274 e. The van der Waals surface area contributed by atoms with E-state index in [9.17, 15) is 19.2 Å². The number of carbonyl (C=O) groups excluding carboxylic acids is 4. The number of nitrogen functional groups attached to an aromatic ring is 1. The summed E-state index contributed by atoms with van der Waals surface area (Å²) in [5, 5.41) is 8.20. The van der Waals surface area contributed by atoms with Gasteiger partial charge in [0.2, 0.25) is 17.7 Å². The van der Waals surface area contributed by atoms with Crippen molar-refractivity contribution in [3.63, 3.8) is 0 Å². The molecule has 0 unspecified atom stereocenters. The first-order valence-corrected chi connectivity index (χ1v) is 14.5. The van der Waals surface area contributed by atoms with Crippen LogP contribution in [0.2, 0.25) is 0 Å². The third-order valence-corrected chi connectivity index (χ3v) is 7.38. The summed E-state index contributed by atoms with van der Waals surface area (Å²) in [6.07, 6.45) is 8.81. The summed E-state index contributed by atoms with van der Waals surface area (Å²) < 4.78 is 0. The number of guanidine groups is 1. The second-order valence-corrected chi connectivity index (χ2v) is 10.7. The Balaban J connectivity index is 1.79. The van der Waals surface area contributed by atoms with Crippen molar-refractivity contribution in [2.45, 2.75) is 75.9 Å². The molecule has 1 aromatic heterocycles. The lowest BCUT2D eigenvalue weighted by molar-refractivity contribution is -0.132. The summed E-state index contributed by atoms with van der Waals surface area (Å²) in [5.74, 6) is -2.47. The molecule has 0 spiro atoms. The highest BCUT2D eigenvalue weighted by Gasteiger charge is 2.31. The van der Waals surface area contributed by atoms with Crippen LogP contribution in [0.4, 0.5) is 5.82 Å². The number of rotatable bonds is 15. The number of nitrogens with two attached hydrogens (primary N) is 4. The standard InChI is InChI=1S/C29H42N10O4/c30-24-23(34-14-15-35-24)28(43)39-22(17-19-10-5-2-6-11-19)27(42)37-20(12-7-13-36-29(32)33)26(41)38-21(25(31)40)16-18-8-3-1-4-9-18/h1,3-4,8-9,14-15,19-22H,2,5-7,10-13,16-17H2,(H2,30,35)(H2,31,40)(H,37,42)(H,38,41)(H,39,43)(H4,32,33,36)/t20-,21-,22-/m0/s1. The van der Waals surface area contributed by atoms with Crippen molar-refractivity contribution in [1.82, 2.24) is 25.9 Å². The molecule has 1 aliphatic rings. The molecule has 11 N–H and O–H groups in total. The fraction of sp³-hybridized carbons (Fsp3) is 0.483. The van der Waals surface area contributed by atoms with E-state index in [2.05, 4.69) is 30.9 Å². The first kappa shape index (κ1) is 32.8. The van der Waals surface area contributed by atoms with Gasteiger partial charge in [-0.3, -0.25) is 24.2 Å². The van der Waals surface area contributed by atoms with E-state index in [1.165, 1.54) is 12.4 Å². The second-order valence-electron chi connectivity index (χ2n) is 10.7. The monoisotopic (exact) mass is 594 g/mol. The Hall–Kier alpha value is -4.75. The Morgan fingerprint density at radius 1 is 0.860 bits per heavy atom. The smallest absolute Gasteiger partial charge is 0.274 e. The lowest BCUT2D eigenvalue weighted by atomic mass is 9.84. The average Bonchev–Trinajstić information content (AvgIpc) is 2.98. The summed E-state index contributed by atoms with van der Waals surface area (Å²) in [7, 11) is 0. The number of hydrogen-bond acceptors (Lipinski definition) is 8. The Kier molecular flexibility index (Phi) is 12.7. The summed E-state index contributed by atoms with van der Waals surface area (Å²) in [4.78, 5) is 64.3. The fourth-order valence-electron chi connectivity index (χ4n) is 5.13. The molecule has 1 saturated carbocycles. The average molecular weight is 595 g/mol. The highest BCUT2D eigenvalue weighted by atomic mass is 16.2. The van der Waals surface area contributed by atoms with Gasteiger partial charge in [-0.05, 0) is 30.7 Å². The van der Waals surface area contributed by atoms with Crippen LogP contribution < -0.4 is 38.9 Å². The Labute approximate surface area is 250 Å². The number of nitrogens with zero attached hydrogens (tertiary/aromatic N) is 3. The van der Waals surface area contributed by atoms with E-state index in [4.69, 9.17) is 22.9 Å². The molecular weight excluding hydrogens is 552 g/mol. The molecule has 14 nitrogen and oxygen atoms in total. The van der Waals surface area contributed by atoms with Crippen LogP contribution in [0.1, 0.15) is 67.4 Å². The Morgan fingerprint density at radius 2 is 1.51 bits per heavy atom. The number of benzene rings is 1. The molecular formula is C29H42N10O4. The van der Waals surface area contributed by atoms with Gasteiger partial charge in [-0.15, -0.1) is 0 Å². The molecule has 232 valence electrons. The van der Waals surface area contributed by atoms with Crippen molar-refractivity contribution in [2.24, 2.45) is 28.1 Å². The number of carbonyl (C=O) groups is 4. The normalized spacial score (nSPS) is 15.3. The first-order chi connectivity index (χ1) is 20.6. The molecule has 0 bridgehead atoms. The van der Waals surface area contributed by atoms with E-state index >= 15 is 0 Å². The molecule has 1 aliphatic carbocycles. The molecule has 3 rings (SSSR count). The highest BCUT2D eigenvalue weighted by Crippen LogP contribution is 2.27. The van der Waals surface area contributed by atoms with E-state index < -0.39 is 41.8 Å². The molecule has 1 aromatic carbocycles. The predicted molar refractivity (Wildman–Crippen MR) is 162 cm³/mol. The van der Waals surface area contributed by atoms with E-state index in [1.54, 1.807) is 0 Å². The minimum Gasteiger partial charge on any atom is -0.382 e. The molecule has 0 saturated heterocycles. The number of nitrogens with one attached hydrogen (secondary N) is 3. The number of primary amides is 1. The number of aromatic nitrogens is 2. The third-order valence-electron chi connectivity index (χ3n) is 7.38. The lowest BCUT2D eigenvalue weighted by Gasteiger charge is -2.28. The van der Waals surface area contributed by atoms with Gasteiger partial charge in [-0.25, -0.2) is 9.97 Å². The van der Waals surface area contributed by atoms with Gasteiger partial charge in [-0.2, -0.15) is 0 Å². The first-order valence-electron chi connectivity index (χ1n) is 14.5. The maximum atomic E-state index is 13.7. The van der Waals surface area contributed by atoms with Crippen molar-refractivity contribution >= 4 is 35.4 Å². The van der Waals surface area contributed by atoms with Crippen LogP contribution >= 0.6 is 0 Å². The largest absolute Gasteiger partial charge is 0.382 e. The van der Waals surface area contributed by atoms with E-state index in [-0.39, 0.29) is 42.8 Å². The Bertz CT molecular complexity index is 1260. The van der Waals surface area contributed by atoms with Crippen molar-refractivity contribution in [3.05, 3.63) is 54.0 Å². The highest BCUT2D eigenvalue weighted by molar-refractivity contribution is 6.00. The zero-order valence-electron chi connectivity index (χ0n) is 24.2. The molecule has 14 heteroatoms. The minimum absolute atomic E-state index is 0.0651. The molecule has 2 aromatic rings. The van der Waals surface area contributed by atoms with Crippen molar-refractivity contribution < 1.29 is 19.2 Å². The number of hydrogen-bond donors (Lipinski definition) is 7. The van der Waals surface area contributed by atoms with Gasteiger partial charge < -0.3 is 38.9 Å². The molecule has 1 heterocycles. The summed E-state index contributed by atoms with van der Waals surface area (Å²) in [6.45, 7) is 0.222. The zero-order valence-corrected chi connectivity index (χ0v) is 24.2. The van der Waals surface area contributed by atoms with E-state index in [0.29, 0.717) is 12.8 Å². The predicted octanol–water partition coefficient (Wildman–Crippen LogP) is -0.121. The fourth-order valence-corrected chi connectivity index (χ4v) is 5.13. The number of anilines is 1. The SMILES string of the molecule is NC(=O)[C@H](Cc1ccccc1)NC(=O)[C@H](CCCN=C(N)N)NC(=O)[C@H](CC1CCCCC1)NC(=O)c1nccnc1N. The maximum absolute atomic E-state index is 13.7. The summed E-state index contributed by atoms with van der Waals surface area (Å²) >= 11 is 0. The van der Waals surface area contributed by atoms with Crippen LogP contribution in [-0.2, 0) is 20.8 Å².